The SMILES string of the molecule is CCN(CC)[Si]1(N(CC)CC)C([Si](C)(C)C)=C(c2ccccc2)C(c2ccccc2)=C1[Si](C)(C)C. The van der Waals surface area contributed by atoms with Gasteiger partial charge in [0.2, 0.25) is 0 Å². The van der Waals surface area contributed by atoms with Crippen LogP contribution in [0.3, 0.4) is 0 Å². The van der Waals surface area contributed by atoms with Gasteiger partial charge in [-0.3, -0.25) is 0 Å². The molecule has 0 aliphatic carbocycles. The van der Waals surface area contributed by atoms with Crippen LogP contribution in [0.25, 0.3) is 11.1 Å². The Morgan fingerprint density at radius 1 is 0.514 bits per heavy atom. The molecule has 1 heterocycles. The van der Waals surface area contributed by atoms with E-state index in [1.807, 2.05) is 9.64 Å². The molecule has 2 nitrogen and oxygen atoms in total. The third-order valence-corrected chi connectivity index (χ3v) is 22.6. The molecule has 0 spiro atoms. The van der Waals surface area contributed by atoms with Gasteiger partial charge in [0.1, 0.15) is 0 Å². The van der Waals surface area contributed by atoms with Crippen molar-refractivity contribution in [3.8, 4) is 0 Å². The lowest BCUT2D eigenvalue weighted by Gasteiger charge is -2.54. The van der Waals surface area contributed by atoms with Gasteiger partial charge in [-0.1, -0.05) is 137 Å². The van der Waals surface area contributed by atoms with E-state index in [4.69, 9.17) is 0 Å². The maximum Gasteiger partial charge on any atom is 0.258 e. The van der Waals surface area contributed by atoms with E-state index in [-0.39, 0.29) is 0 Å². The summed E-state index contributed by atoms with van der Waals surface area (Å²) in [5.74, 6) is 0. The monoisotopic (exact) mass is 520 g/mol. The van der Waals surface area contributed by atoms with Crippen molar-refractivity contribution in [2.24, 2.45) is 0 Å². The Balaban J connectivity index is 2.71. The van der Waals surface area contributed by atoms with E-state index in [1.165, 1.54) is 11.1 Å². The van der Waals surface area contributed by atoms with Gasteiger partial charge < -0.3 is 9.13 Å². The number of rotatable bonds is 10. The van der Waals surface area contributed by atoms with Crippen LogP contribution in [-0.4, -0.2) is 59.9 Å². The van der Waals surface area contributed by atoms with Crippen molar-refractivity contribution < 1.29 is 0 Å². The van der Waals surface area contributed by atoms with E-state index in [0.717, 1.165) is 26.2 Å². The Hall–Kier alpha value is -1.51. The minimum Gasteiger partial charge on any atom is -0.306 e. The molecule has 5 heteroatoms. The highest BCUT2D eigenvalue weighted by Crippen LogP contribution is 2.55. The van der Waals surface area contributed by atoms with E-state index < -0.39 is 24.5 Å². The molecule has 0 amide bonds. The molecule has 190 valence electrons. The number of benzene rings is 2. The second-order valence-electron chi connectivity index (χ2n) is 11.7. The molecular weight excluding hydrogens is 473 g/mol. The summed E-state index contributed by atoms with van der Waals surface area (Å²) in [7, 11) is -5.87. The first-order valence-corrected chi connectivity index (χ1v) is 22.5. The van der Waals surface area contributed by atoms with Crippen LogP contribution in [0.1, 0.15) is 38.8 Å². The van der Waals surface area contributed by atoms with Crippen molar-refractivity contribution in [2.75, 3.05) is 26.2 Å². The van der Waals surface area contributed by atoms with Crippen LogP contribution >= 0.6 is 0 Å². The first-order chi connectivity index (χ1) is 16.5. The van der Waals surface area contributed by atoms with Gasteiger partial charge in [0.15, 0.2) is 0 Å². The minimum absolute atomic E-state index is 1.10. The van der Waals surface area contributed by atoms with Crippen LogP contribution in [-0.2, 0) is 0 Å². The van der Waals surface area contributed by atoms with Gasteiger partial charge in [0.05, 0.1) is 16.1 Å². The van der Waals surface area contributed by atoms with E-state index in [0.29, 0.717) is 0 Å². The molecule has 0 saturated carbocycles. The van der Waals surface area contributed by atoms with Crippen molar-refractivity contribution in [1.29, 1.82) is 0 Å². The summed E-state index contributed by atoms with van der Waals surface area (Å²) >= 11 is 0. The molecule has 0 N–H and O–H groups in total. The highest BCUT2D eigenvalue weighted by molar-refractivity contribution is 7.18. The lowest BCUT2D eigenvalue weighted by atomic mass is 9.95. The summed E-state index contributed by atoms with van der Waals surface area (Å²) in [6.07, 6.45) is 0. The molecule has 1 aliphatic heterocycles. The van der Waals surface area contributed by atoms with Crippen LogP contribution in [0.4, 0.5) is 0 Å². The van der Waals surface area contributed by atoms with Gasteiger partial charge in [0, 0.05) is 0 Å². The van der Waals surface area contributed by atoms with Crippen molar-refractivity contribution in [1.82, 2.24) is 9.13 Å². The number of hydrogen-bond donors (Lipinski definition) is 0. The lowest BCUT2D eigenvalue weighted by Crippen LogP contribution is -2.73. The van der Waals surface area contributed by atoms with Crippen molar-refractivity contribution in [3.05, 3.63) is 81.4 Å². The standard InChI is InChI=1S/C30H48N2Si3/c1-11-31(12-2)35(32(13-3)14-4)29(33(5,6)7)27(25-21-17-15-18-22-25)28(30(35)34(8,9)10)26-23-19-16-20-24-26/h15-24H,11-14H2,1-10H3. The summed E-state index contributed by atoms with van der Waals surface area (Å²) in [6, 6.07) is 22.7. The minimum atomic E-state index is -2.36. The Bertz CT molecular complexity index is 965. The zero-order valence-electron chi connectivity index (χ0n) is 24.0. The van der Waals surface area contributed by atoms with Gasteiger partial charge in [-0.25, -0.2) is 0 Å². The Morgan fingerprint density at radius 2 is 0.800 bits per heavy atom. The van der Waals surface area contributed by atoms with E-state index in [2.05, 4.69) is 137 Å². The van der Waals surface area contributed by atoms with Gasteiger partial charge in [0.25, 0.3) is 8.40 Å². The normalized spacial score (nSPS) is 16.7. The van der Waals surface area contributed by atoms with Gasteiger partial charge >= 0.3 is 0 Å². The number of allylic oxidation sites excluding steroid dienone is 2. The fourth-order valence-electron chi connectivity index (χ4n) is 6.50. The second-order valence-corrected chi connectivity index (χ2v) is 26.4. The van der Waals surface area contributed by atoms with E-state index in [1.54, 1.807) is 11.1 Å². The highest BCUT2D eigenvalue weighted by atomic mass is 28.4. The smallest absolute Gasteiger partial charge is 0.258 e. The van der Waals surface area contributed by atoms with E-state index in [9.17, 15) is 0 Å². The molecule has 0 radical (unpaired) electrons. The van der Waals surface area contributed by atoms with Gasteiger partial charge in [-0.15, -0.1) is 0 Å². The summed E-state index contributed by atoms with van der Waals surface area (Å²) < 4.78 is 5.89. The Morgan fingerprint density at radius 3 is 1.03 bits per heavy atom. The predicted molar refractivity (Wildman–Crippen MR) is 165 cm³/mol. The van der Waals surface area contributed by atoms with Crippen molar-refractivity contribution in [2.45, 2.75) is 67.0 Å². The first kappa shape index (κ1) is 28.1. The van der Waals surface area contributed by atoms with Crippen molar-refractivity contribution in [3.63, 3.8) is 0 Å². The predicted octanol–water partition coefficient (Wildman–Crippen LogP) is 7.87. The topological polar surface area (TPSA) is 6.48 Å². The molecule has 0 aromatic heterocycles. The second kappa shape index (κ2) is 10.9. The summed E-state index contributed by atoms with van der Waals surface area (Å²) in [5, 5.41) is 0. The Kier molecular flexibility index (Phi) is 8.70. The molecule has 35 heavy (non-hydrogen) atoms. The molecule has 1 aliphatic rings. The largest absolute Gasteiger partial charge is 0.306 e. The third kappa shape index (κ3) is 4.90. The molecular formula is C30H48N2Si3. The lowest BCUT2D eigenvalue weighted by molar-refractivity contribution is 0.369. The average molecular weight is 521 g/mol. The molecule has 0 fully saturated rings. The summed E-state index contributed by atoms with van der Waals surface area (Å²) in [6.45, 7) is 29.6. The van der Waals surface area contributed by atoms with Crippen LogP contribution in [0, 0.1) is 0 Å². The molecule has 0 atom stereocenters. The third-order valence-electron chi connectivity index (χ3n) is 7.51. The van der Waals surface area contributed by atoms with Crippen LogP contribution in [0.2, 0.25) is 39.3 Å². The average Bonchev–Trinajstić information content (AvgIpc) is 3.15. The quantitative estimate of drug-likeness (QED) is 0.294. The zero-order valence-corrected chi connectivity index (χ0v) is 27.0. The summed E-state index contributed by atoms with van der Waals surface area (Å²) in [5.41, 5.74) is 5.99. The van der Waals surface area contributed by atoms with Crippen LogP contribution < -0.4 is 0 Å². The van der Waals surface area contributed by atoms with Gasteiger partial charge in [-0.05, 0) is 48.5 Å². The molecule has 0 unspecified atom stereocenters. The molecule has 2 aromatic rings. The molecule has 0 bridgehead atoms. The summed E-state index contributed by atoms with van der Waals surface area (Å²) in [4.78, 5) is 3.69. The molecule has 2 aromatic carbocycles. The van der Waals surface area contributed by atoms with Crippen molar-refractivity contribution >= 4 is 35.7 Å². The van der Waals surface area contributed by atoms with Crippen LogP contribution in [0.15, 0.2) is 70.3 Å². The first-order valence-electron chi connectivity index (χ1n) is 13.6. The molecule has 0 saturated heterocycles. The maximum absolute atomic E-state index is 2.94. The number of hydrogen-bond acceptors (Lipinski definition) is 2. The van der Waals surface area contributed by atoms with E-state index >= 15 is 0 Å². The highest BCUT2D eigenvalue weighted by Gasteiger charge is 2.61. The molecule has 3 rings (SSSR count). The maximum atomic E-state index is 2.94. The zero-order chi connectivity index (χ0) is 26.0. The Labute approximate surface area is 218 Å². The fraction of sp³-hybridized carbons (Fsp3) is 0.467. The van der Waals surface area contributed by atoms with Gasteiger partial charge in [-0.2, -0.15) is 0 Å². The van der Waals surface area contributed by atoms with Crippen LogP contribution in [0.5, 0.6) is 0 Å². The fourth-order valence-corrected chi connectivity index (χ4v) is 24.9. The number of nitrogens with zero attached hydrogens (tertiary/aromatic N) is 2.